The summed E-state index contributed by atoms with van der Waals surface area (Å²) in [4.78, 5) is 8.26. The monoisotopic (exact) mass is 270 g/mol. The molecule has 1 aromatic carbocycles. The van der Waals surface area contributed by atoms with Crippen LogP contribution in [0.1, 0.15) is 5.69 Å². The molecule has 0 aliphatic carbocycles. The molecule has 3 nitrogen and oxygen atoms in total. The minimum Gasteiger partial charge on any atom is -0.487 e. The normalized spacial score (nSPS) is 10.6. The van der Waals surface area contributed by atoms with Crippen molar-refractivity contribution in [3.8, 4) is 5.75 Å². The van der Waals surface area contributed by atoms with Crippen molar-refractivity contribution in [2.75, 3.05) is 0 Å². The van der Waals surface area contributed by atoms with Gasteiger partial charge in [-0.15, -0.1) is 0 Å². The molecule has 3 rings (SSSR count). The van der Waals surface area contributed by atoms with Crippen LogP contribution in [0.2, 0.25) is 5.15 Å². The van der Waals surface area contributed by atoms with Gasteiger partial charge in [0.15, 0.2) is 0 Å². The van der Waals surface area contributed by atoms with Gasteiger partial charge in [0.05, 0.1) is 5.69 Å². The van der Waals surface area contributed by atoms with Gasteiger partial charge in [-0.1, -0.05) is 17.7 Å². The zero-order valence-electron chi connectivity index (χ0n) is 10.1. The molecule has 0 saturated heterocycles. The van der Waals surface area contributed by atoms with Crippen molar-refractivity contribution in [2.24, 2.45) is 0 Å². The first kappa shape index (κ1) is 11.9. The Balaban J connectivity index is 1.82. The van der Waals surface area contributed by atoms with Crippen LogP contribution in [-0.2, 0) is 6.61 Å². The molecule has 2 aromatic heterocycles. The van der Waals surface area contributed by atoms with E-state index in [-0.39, 0.29) is 0 Å². The largest absolute Gasteiger partial charge is 0.487 e. The molecule has 0 aliphatic heterocycles. The first-order valence-electron chi connectivity index (χ1n) is 5.90. The Morgan fingerprint density at radius 1 is 1.00 bits per heavy atom. The Labute approximate surface area is 115 Å². The van der Waals surface area contributed by atoms with E-state index in [1.54, 1.807) is 12.4 Å². The lowest BCUT2D eigenvalue weighted by atomic mass is 10.2. The zero-order chi connectivity index (χ0) is 13.1. The number of hydrogen-bond acceptors (Lipinski definition) is 3. The van der Waals surface area contributed by atoms with Crippen LogP contribution in [0.3, 0.4) is 0 Å². The van der Waals surface area contributed by atoms with Crippen molar-refractivity contribution in [2.45, 2.75) is 6.61 Å². The molecule has 4 heteroatoms. The number of aromatic nitrogens is 2. The van der Waals surface area contributed by atoms with Crippen LogP contribution in [-0.4, -0.2) is 9.97 Å². The van der Waals surface area contributed by atoms with Gasteiger partial charge in [0, 0.05) is 17.8 Å². The van der Waals surface area contributed by atoms with E-state index in [1.807, 2.05) is 42.5 Å². The minimum atomic E-state index is 0.450. The maximum absolute atomic E-state index is 6.02. The minimum absolute atomic E-state index is 0.450. The molecule has 94 valence electrons. The fourth-order valence-electron chi connectivity index (χ4n) is 1.85. The van der Waals surface area contributed by atoms with Crippen LogP contribution in [0.5, 0.6) is 5.75 Å². The second kappa shape index (κ2) is 5.24. The quantitative estimate of drug-likeness (QED) is 0.678. The Hall–Kier alpha value is -2.13. The lowest BCUT2D eigenvalue weighted by Gasteiger charge is -2.07. The summed E-state index contributed by atoms with van der Waals surface area (Å²) in [5, 5.41) is 2.45. The third-order valence-corrected chi connectivity index (χ3v) is 3.10. The van der Waals surface area contributed by atoms with E-state index in [2.05, 4.69) is 9.97 Å². The number of hydrogen-bond donors (Lipinski definition) is 0. The van der Waals surface area contributed by atoms with E-state index >= 15 is 0 Å². The second-order valence-electron chi connectivity index (χ2n) is 4.09. The fraction of sp³-hybridized carbons (Fsp3) is 0.0667. The highest BCUT2D eigenvalue weighted by atomic mass is 35.5. The van der Waals surface area contributed by atoms with Crippen molar-refractivity contribution in [3.63, 3.8) is 0 Å². The van der Waals surface area contributed by atoms with E-state index in [0.717, 1.165) is 22.2 Å². The number of fused-ring (bicyclic) bond motifs is 1. The lowest BCUT2D eigenvalue weighted by Crippen LogP contribution is -1.97. The first-order chi connectivity index (χ1) is 9.33. The molecule has 0 fully saturated rings. The third-order valence-electron chi connectivity index (χ3n) is 2.80. The van der Waals surface area contributed by atoms with Crippen molar-refractivity contribution < 1.29 is 4.74 Å². The van der Waals surface area contributed by atoms with Gasteiger partial charge in [0.2, 0.25) is 0 Å². The summed E-state index contributed by atoms with van der Waals surface area (Å²) in [5.41, 5.74) is 0.898. The predicted octanol–water partition coefficient (Wildman–Crippen LogP) is 3.86. The van der Waals surface area contributed by atoms with E-state index in [0.29, 0.717) is 11.8 Å². The average Bonchev–Trinajstić information content (AvgIpc) is 2.46. The number of halogens is 1. The predicted molar refractivity (Wildman–Crippen MR) is 75.3 cm³/mol. The highest BCUT2D eigenvalue weighted by Gasteiger charge is 2.02. The molecule has 2 heterocycles. The summed E-state index contributed by atoms with van der Waals surface area (Å²) in [5.74, 6) is 0.792. The second-order valence-corrected chi connectivity index (χ2v) is 4.45. The molecule has 0 aliphatic rings. The summed E-state index contributed by atoms with van der Waals surface area (Å²) < 4.78 is 5.71. The molecule has 0 saturated carbocycles. The van der Waals surface area contributed by atoms with Gasteiger partial charge >= 0.3 is 0 Å². The van der Waals surface area contributed by atoms with Gasteiger partial charge in [0.1, 0.15) is 17.5 Å². The van der Waals surface area contributed by atoms with E-state index in [4.69, 9.17) is 16.3 Å². The van der Waals surface area contributed by atoms with Gasteiger partial charge in [-0.05, 0) is 41.8 Å². The molecule has 3 aromatic rings. The summed E-state index contributed by atoms with van der Waals surface area (Å²) in [7, 11) is 0. The van der Waals surface area contributed by atoms with Crippen LogP contribution in [0.15, 0.2) is 54.9 Å². The number of nitrogens with zero attached hydrogens (tertiary/aromatic N) is 2. The SMILES string of the molecule is Clc1nccc2cc(OCc3ccccn3)ccc12. The summed E-state index contributed by atoms with van der Waals surface area (Å²) in [6.07, 6.45) is 3.44. The van der Waals surface area contributed by atoms with Crippen LogP contribution >= 0.6 is 11.6 Å². The summed E-state index contributed by atoms with van der Waals surface area (Å²) in [6, 6.07) is 13.4. The Morgan fingerprint density at radius 2 is 1.95 bits per heavy atom. The average molecular weight is 271 g/mol. The smallest absolute Gasteiger partial charge is 0.136 e. The molecule has 0 N–H and O–H groups in total. The van der Waals surface area contributed by atoms with Crippen molar-refractivity contribution in [1.82, 2.24) is 9.97 Å². The van der Waals surface area contributed by atoms with Crippen molar-refractivity contribution >= 4 is 22.4 Å². The van der Waals surface area contributed by atoms with Gasteiger partial charge < -0.3 is 4.74 Å². The molecule has 19 heavy (non-hydrogen) atoms. The van der Waals surface area contributed by atoms with Gasteiger partial charge in [-0.2, -0.15) is 0 Å². The first-order valence-corrected chi connectivity index (χ1v) is 6.28. The zero-order valence-corrected chi connectivity index (χ0v) is 10.8. The molecular formula is C15H11ClN2O. The van der Waals surface area contributed by atoms with Crippen LogP contribution in [0.25, 0.3) is 10.8 Å². The van der Waals surface area contributed by atoms with Crippen LogP contribution in [0, 0.1) is 0 Å². The van der Waals surface area contributed by atoms with Crippen LogP contribution in [0.4, 0.5) is 0 Å². The highest BCUT2D eigenvalue weighted by molar-refractivity contribution is 6.34. The van der Waals surface area contributed by atoms with Crippen LogP contribution < -0.4 is 4.74 Å². The Bertz CT molecular complexity index is 701. The number of rotatable bonds is 3. The number of benzene rings is 1. The maximum atomic E-state index is 6.02. The Morgan fingerprint density at radius 3 is 2.79 bits per heavy atom. The summed E-state index contributed by atoms with van der Waals surface area (Å²) >= 11 is 6.02. The Kier molecular flexibility index (Phi) is 3.29. The van der Waals surface area contributed by atoms with Gasteiger partial charge in [-0.25, -0.2) is 4.98 Å². The molecule has 0 unspecified atom stereocenters. The van der Waals surface area contributed by atoms with E-state index in [9.17, 15) is 0 Å². The van der Waals surface area contributed by atoms with Crippen molar-refractivity contribution in [1.29, 1.82) is 0 Å². The maximum Gasteiger partial charge on any atom is 0.136 e. The molecular weight excluding hydrogens is 260 g/mol. The van der Waals surface area contributed by atoms with Gasteiger partial charge in [0.25, 0.3) is 0 Å². The molecule has 0 amide bonds. The number of pyridine rings is 2. The topological polar surface area (TPSA) is 35.0 Å². The third kappa shape index (κ3) is 2.66. The summed E-state index contributed by atoms with van der Waals surface area (Å²) in [6.45, 7) is 0.450. The van der Waals surface area contributed by atoms with Crippen molar-refractivity contribution in [3.05, 3.63) is 65.7 Å². The molecule has 0 atom stereocenters. The number of ether oxygens (including phenoxy) is 1. The van der Waals surface area contributed by atoms with Gasteiger partial charge in [-0.3, -0.25) is 4.98 Å². The fourth-order valence-corrected chi connectivity index (χ4v) is 2.08. The van der Waals surface area contributed by atoms with E-state index in [1.165, 1.54) is 0 Å². The molecule has 0 bridgehead atoms. The molecule has 0 radical (unpaired) electrons. The van der Waals surface area contributed by atoms with E-state index < -0.39 is 0 Å². The molecule has 0 spiro atoms. The highest BCUT2D eigenvalue weighted by Crippen LogP contribution is 2.25. The standard InChI is InChI=1S/C15H11ClN2O/c16-15-14-5-4-13(9-11(14)6-8-18-15)19-10-12-3-1-2-7-17-12/h1-9H,10H2. The lowest BCUT2D eigenvalue weighted by molar-refractivity contribution is 0.302.